The molecule has 1 atom stereocenters. The predicted octanol–water partition coefficient (Wildman–Crippen LogP) is 1.01. The van der Waals surface area contributed by atoms with Crippen LogP contribution < -0.4 is 5.32 Å². The molecule has 1 aliphatic rings. The second kappa shape index (κ2) is 3.44. The average molecular weight is 193 g/mol. The summed E-state index contributed by atoms with van der Waals surface area (Å²) in [4.78, 5) is 15.5. The maximum Gasteiger partial charge on any atom is 0.223 e. The second-order valence-electron chi connectivity index (χ2n) is 3.93. The van der Waals surface area contributed by atoms with Crippen molar-refractivity contribution in [3.05, 3.63) is 18.2 Å². The largest absolute Gasteiger partial charge is 0.348 e. The first-order valence-corrected chi connectivity index (χ1v) is 4.95. The average Bonchev–Trinajstić information content (AvgIpc) is 2.89. The van der Waals surface area contributed by atoms with Crippen molar-refractivity contribution < 1.29 is 4.79 Å². The van der Waals surface area contributed by atoms with Gasteiger partial charge in [-0.2, -0.15) is 0 Å². The van der Waals surface area contributed by atoms with E-state index >= 15 is 0 Å². The number of aryl methyl sites for hydroxylation is 1. The van der Waals surface area contributed by atoms with Gasteiger partial charge in [0.15, 0.2) is 0 Å². The summed E-state index contributed by atoms with van der Waals surface area (Å²) in [6.45, 7) is 1.98. The van der Waals surface area contributed by atoms with Crippen molar-refractivity contribution in [3.8, 4) is 0 Å². The number of hydrogen-bond donors (Lipinski definition) is 1. The van der Waals surface area contributed by atoms with Crippen molar-refractivity contribution in [2.45, 2.75) is 25.8 Å². The van der Waals surface area contributed by atoms with E-state index in [-0.39, 0.29) is 17.9 Å². The maximum absolute atomic E-state index is 11.5. The van der Waals surface area contributed by atoms with Gasteiger partial charge in [0.1, 0.15) is 0 Å². The Bertz CT molecular complexity index is 341. The van der Waals surface area contributed by atoms with Crippen LogP contribution in [0.2, 0.25) is 0 Å². The van der Waals surface area contributed by atoms with E-state index in [0.29, 0.717) is 0 Å². The van der Waals surface area contributed by atoms with E-state index in [0.717, 1.165) is 18.5 Å². The lowest BCUT2D eigenvalue weighted by molar-refractivity contribution is -0.122. The van der Waals surface area contributed by atoms with Crippen LogP contribution in [-0.4, -0.2) is 15.5 Å². The van der Waals surface area contributed by atoms with E-state index < -0.39 is 0 Å². The Morgan fingerprint density at radius 2 is 2.43 bits per heavy atom. The minimum atomic E-state index is 0.0515. The van der Waals surface area contributed by atoms with Gasteiger partial charge in [-0.3, -0.25) is 4.79 Å². The summed E-state index contributed by atoms with van der Waals surface area (Å²) >= 11 is 0. The molecule has 14 heavy (non-hydrogen) atoms. The number of hydrogen-bond acceptors (Lipinski definition) is 2. The number of imidazole rings is 1. The van der Waals surface area contributed by atoms with Gasteiger partial charge in [0.2, 0.25) is 5.91 Å². The van der Waals surface area contributed by atoms with Gasteiger partial charge >= 0.3 is 0 Å². The quantitative estimate of drug-likeness (QED) is 0.778. The summed E-state index contributed by atoms with van der Waals surface area (Å²) in [5.74, 6) is 0.448. The van der Waals surface area contributed by atoms with Gasteiger partial charge in [0, 0.05) is 13.0 Å². The molecule has 0 aliphatic heterocycles. The third-order valence-corrected chi connectivity index (χ3v) is 2.60. The topological polar surface area (TPSA) is 46.9 Å². The molecule has 4 heteroatoms. The van der Waals surface area contributed by atoms with Gasteiger partial charge in [0.25, 0.3) is 0 Å². The standard InChI is InChI=1S/C10H15N3O/c1-7(9-5-11-6-13(9)2)12-10(14)8-3-4-8/h5-8H,3-4H2,1-2H3,(H,12,14). The third-order valence-electron chi connectivity index (χ3n) is 2.60. The maximum atomic E-state index is 11.5. The number of nitrogens with one attached hydrogen (secondary N) is 1. The number of amides is 1. The number of rotatable bonds is 3. The molecule has 1 N–H and O–H groups in total. The normalized spacial score (nSPS) is 17.9. The molecule has 0 bridgehead atoms. The van der Waals surface area contributed by atoms with E-state index in [9.17, 15) is 4.79 Å². The molecule has 1 aromatic heterocycles. The summed E-state index contributed by atoms with van der Waals surface area (Å²) in [6, 6.07) is 0.0515. The van der Waals surface area contributed by atoms with Crippen LogP contribution in [0, 0.1) is 5.92 Å². The Labute approximate surface area is 83.3 Å². The Morgan fingerprint density at radius 1 is 1.71 bits per heavy atom. The molecule has 0 spiro atoms. The lowest BCUT2D eigenvalue weighted by Gasteiger charge is -2.13. The lowest BCUT2D eigenvalue weighted by Crippen LogP contribution is -2.28. The minimum absolute atomic E-state index is 0.0515. The van der Waals surface area contributed by atoms with E-state index in [2.05, 4.69) is 10.3 Å². The molecule has 4 nitrogen and oxygen atoms in total. The van der Waals surface area contributed by atoms with Crippen molar-refractivity contribution in [1.29, 1.82) is 0 Å². The lowest BCUT2D eigenvalue weighted by atomic mass is 10.2. The van der Waals surface area contributed by atoms with Crippen molar-refractivity contribution in [2.75, 3.05) is 0 Å². The molecule has 1 heterocycles. The van der Waals surface area contributed by atoms with Gasteiger partial charge in [-0.1, -0.05) is 0 Å². The van der Waals surface area contributed by atoms with Crippen LogP contribution in [0.25, 0.3) is 0 Å². The van der Waals surface area contributed by atoms with Crippen LogP contribution in [0.15, 0.2) is 12.5 Å². The molecule has 1 unspecified atom stereocenters. The number of carbonyl (C=O) groups excluding carboxylic acids is 1. The van der Waals surface area contributed by atoms with Crippen LogP contribution in [-0.2, 0) is 11.8 Å². The minimum Gasteiger partial charge on any atom is -0.348 e. The Kier molecular flexibility index (Phi) is 2.27. The zero-order valence-corrected chi connectivity index (χ0v) is 8.53. The smallest absolute Gasteiger partial charge is 0.223 e. The zero-order chi connectivity index (χ0) is 10.1. The molecule has 0 saturated heterocycles. The number of aromatic nitrogens is 2. The van der Waals surface area contributed by atoms with Crippen LogP contribution in [0.5, 0.6) is 0 Å². The van der Waals surface area contributed by atoms with Crippen molar-refractivity contribution in [2.24, 2.45) is 13.0 Å². The van der Waals surface area contributed by atoms with Crippen LogP contribution in [0.4, 0.5) is 0 Å². The molecule has 1 fully saturated rings. The zero-order valence-electron chi connectivity index (χ0n) is 8.53. The molecule has 2 rings (SSSR count). The predicted molar refractivity (Wildman–Crippen MR) is 52.5 cm³/mol. The first kappa shape index (κ1) is 9.24. The molecule has 76 valence electrons. The van der Waals surface area contributed by atoms with E-state index in [1.165, 1.54) is 0 Å². The van der Waals surface area contributed by atoms with Gasteiger partial charge in [-0.25, -0.2) is 4.98 Å². The number of nitrogens with zero attached hydrogens (tertiary/aromatic N) is 2. The first-order chi connectivity index (χ1) is 6.68. The summed E-state index contributed by atoms with van der Waals surface area (Å²) in [5, 5.41) is 2.99. The Morgan fingerprint density at radius 3 is 2.93 bits per heavy atom. The van der Waals surface area contributed by atoms with Crippen LogP contribution >= 0.6 is 0 Å². The van der Waals surface area contributed by atoms with Crippen LogP contribution in [0.1, 0.15) is 31.5 Å². The highest BCUT2D eigenvalue weighted by Gasteiger charge is 2.30. The molecule has 0 aromatic carbocycles. The Hall–Kier alpha value is -1.32. The molecule has 0 radical (unpaired) electrons. The highest BCUT2D eigenvalue weighted by atomic mass is 16.2. The Balaban J connectivity index is 1.98. The highest BCUT2D eigenvalue weighted by Crippen LogP contribution is 2.29. The summed E-state index contributed by atoms with van der Waals surface area (Å²) < 4.78 is 1.93. The second-order valence-corrected chi connectivity index (χ2v) is 3.93. The van der Waals surface area contributed by atoms with Gasteiger partial charge in [-0.05, 0) is 19.8 Å². The van der Waals surface area contributed by atoms with Gasteiger partial charge in [-0.15, -0.1) is 0 Å². The number of carbonyl (C=O) groups is 1. The van der Waals surface area contributed by atoms with E-state index in [4.69, 9.17) is 0 Å². The summed E-state index contributed by atoms with van der Waals surface area (Å²) in [7, 11) is 1.93. The van der Waals surface area contributed by atoms with Crippen LogP contribution in [0.3, 0.4) is 0 Å². The molecular formula is C10H15N3O. The molecule has 1 aromatic rings. The van der Waals surface area contributed by atoms with Crippen molar-refractivity contribution >= 4 is 5.91 Å². The van der Waals surface area contributed by atoms with Crippen molar-refractivity contribution in [1.82, 2.24) is 14.9 Å². The summed E-state index contributed by atoms with van der Waals surface area (Å²) in [5.41, 5.74) is 1.04. The molecule has 1 aliphatic carbocycles. The monoisotopic (exact) mass is 193 g/mol. The van der Waals surface area contributed by atoms with E-state index in [1.807, 2.05) is 18.5 Å². The molecule has 1 saturated carbocycles. The first-order valence-electron chi connectivity index (χ1n) is 4.95. The molecular weight excluding hydrogens is 178 g/mol. The molecule has 1 amide bonds. The highest BCUT2D eigenvalue weighted by molar-refractivity contribution is 5.81. The third kappa shape index (κ3) is 1.78. The fourth-order valence-corrected chi connectivity index (χ4v) is 1.54. The van der Waals surface area contributed by atoms with Crippen molar-refractivity contribution in [3.63, 3.8) is 0 Å². The fraction of sp³-hybridized carbons (Fsp3) is 0.600. The summed E-state index contributed by atoms with van der Waals surface area (Å²) in [6.07, 6.45) is 5.63. The SMILES string of the molecule is CC(NC(=O)C1CC1)c1cncn1C. The fourth-order valence-electron chi connectivity index (χ4n) is 1.54. The van der Waals surface area contributed by atoms with Gasteiger partial charge in [0.05, 0.1) is 24.3 Å². The van der Waals surface area contributed by atoms with E-state index in [1.54, 1.807) is 12.5 Å². The van der Waals surface area contributed by atoms with Gasteiger partial charge < -0.3 is 9.88 Å².